The number of hydrogen-bond donors (Lipinski definition) is 1. The van der Waals surface area contributed by atoms with Crippen LogP contribution < -0.4 is 4.74 Å². The van der Waals surface area contributed by atoms with Gasteiger partial charge >= 0.3 is 0 Å². The molecule has 0 spiro atoms. The molecule has 1 atom stereocenters. The molecule has 16 heavy (non-hydrogen) atoms. The summed E-state index contributed by atoms with van der Waals surface area (Å²) in [6, 6.07) is 4.30. The van der Waals surface area contributed by atoms with Crippen molar-refractivity contribution >= 4 is 11.8 Å². The summed E-state index contributed by atoms with van der Waals surface area (Å²) in [5.41, 5.74) is 1.37. The van der Waals surface area contributed by atoms with Gasteiger partial charge in [-0.25, -0.2) is 0 Å². The highest BCUT2D eigenvalue weighted by molar-refractivity contribution is 5.65. The Balaban J connectivity index is 2.46. The van der Waals surface area contributed by atoms with Gasteiger partial charge in [0.2, 0.25) is 6.29 Å². The Morgan fingerprint density at radius 2 is 2.31 bits per heavy atom. The van der Waals surface area contributed by atoms with Crippen molar-refractivity contribution in [2.24, 2.45) is 0 Å². The van der Waals surface area contributed by atoms with E-state index in [0.29, 0.717) is 23.3 Å². The minimum atomic E-state index is -0.945. The van der Waals surface area contributed by atoms with Crippen LogP contribution in [-0.2, 0) is 0 Å². The largest absolute Gasteiger partial charge is 0.461 e. The first-order chi connectivity index (χ1) is 7.61. The van der Waals surface area contributed by atoms with Crippen LogP contribution in [0.5, 0.6) is 5.75 Å². The Bertz CT molecular complexity index is 467. The van der Waals surface area contributed by atoms with Crippen molar-refractivity contribution in [3.63, 3.8) is 0 Å². The lowest BCUT2D eigenvalue weighted by molar-refractivity contribution is -0.384. The summed E-state index contributed by atoms with van der Waals surface area (Å²) in [7, 11) is 0. The Labute approximate surface area is 92.1 Å². The molecular formula is C11H11NO4. The van der Waals surface area contributed by atoms with Crippen molar-refractivity contribution in [3.05, 3.63) is 39.4 Å². The Morgan fingerprint density at radius 1 is 1.56 bits per heavy atom. The van der Waals surface area contributed by atoms with E-state index < -0.39 is 11.2 Å². The second-order valence-electron chi connectivity index (χ2n) is 3.52. The average Bonchev–Trinajstić information content (AvgIpc) is 2.27. The van der Waals surface area contributed by atoms with Gasteiger partial charge in [0, 0.05) is 17.7 Å². The van der Waals surface area contributed by atoms with Gasteiger partial charge in [-0.2, -0.15) is 0 Å². The number of aliphatic hydroxyl groups excluding tert-OH is 1. The summed E-state index contributed by atoms with van der Waals surface area (Å²) in [5, 5.41) is 20.2. The Morgan fingerprint density at radius 3 is 2.94 bits per heavy atom. The van der Waals surface area contributed by atoms with Crippen molar-refractivity contribution in [3.8, 4) is 5.75 Å². The number of non-ortho nitro benzene ring substituents is 1. The van der Waals surface area contributed by atoms with Crippen LogP contribution in [0, 0.1) is 10.1 Å². The molecule has 5 heteroatoms. The third kappa shape index (κ3) is 1.77. The highest BCUT2D eigenvalue weighted by atomic mass is 16.6. The summed E-state index contributed by atoms with van der Waals surface area (Å²) in [4.78, 5) is 10.1. The highest BCUT2D eigenvalue weighted by Gasteiger charge is 2.20. The maximum Gasteiger partial charge on any atom is 0.270 e. The minimum absolute atomic E-state index is 0.0189. The third-order valence-electron chi connectivity index (χ3n) is 2.51. The van der Waals surface area contributed by atoms with Crippen LogP contribution in [-0.4, -0.2) is 16.3 Å². The molecule has 0 fully saturated rings. The van der Waals surface area contributed by atoms with E-state index in [-0.39, 0.29) is 5.69 Å². The third-order valence-corrected chi connectivity index (χ3v) is 2.51. The number of nitro groups is 1. The Hall–Kier alpha value is -1.88. The van der Waals surface area contributed by atoms with Crippen LogP contribution in [0.2, 0.25) is 0 Å². The van der Waals surface area contributed by atoms with E-state index in [2.05, 4.69) is 0 Å². The first kappa shape index (κ1) is 10.6. The number of nitrogens with zero attached hydrogens (tertiary/aromatic N) is 1. The fourth-order valence-electron chi connectivity index (χ4n) is 1.61. The normalized spacial score (nSPS) is 18.4. The molecule has 84 valence electrons. The zero-order valence-electron chi connectivity index (χ0n) is 8.71. The van der Waals surface area contributed by atoms with E-state index in [1.54, 1.807) is 6.08 Å². The van der Waals surface area contributed by atoms with Crippen molar-refractivity contribution in [2.75, 3.05) is 0 Å². The van der Waals surface area contributed by atoms with Gasteiger partial charge in [-0.1, -0.05) is 6.92 Å². The van der Waals surface area contributed by atoms with Crippen LogP contribution in [0.3, 0.4) is 0 Å². The first-order valence-electron chi connectivity index (χ1n) is 4.95. The van der Waals surface area contributed by atoms with Gasteiger partial charge in [-0.3, -0.25) is 10.1 Å². The van der Waals surface area contributed by atoms with Gasteiger partial charge in [0.05, 0.1) is 4.92 Å². The van der Waals surface area contributed by atoms with E-state index in [1.165, 1.54) is 18.2 Å². The molecule has 1 aromatic rings. The predicted octanol–water partition coefficient (Wildman–Crippen LogP) is 2.10. The van der Waals surface area contributed by atoms with Gasteiger partial charge < -0.3 is 9.84 Å². The predicted molar refractivity (Wildman–Crippen MR) is 58.0 cm³/mol. The van der Waals surface area contributed by atoms with Gasteiger partial charge in [0.25, 0.3) is 5.69 Å². The first-order valence-corrected chi connectivity index (χ1v) is 4.95. The van der Waals surface area contributed by atoms with Gasteiger partial charge in [-0.05, 0) is 24.1 Å². The summed E-state index contributed by atoms with van der Waals surface area (Å²) < 4.78 is 5.23. The molecule has 0 aliphatic carbocycles. The van der Waals surface area contributed by atoms with E-state index in [0.717, 1.165) is 0 Å². The van der Waals surface area contributed by atoms with Gasteiger partial charge in [0.15, 0.2) is 0 Å². The van der Waals surface area contributed by atoms with Crippen molar-refractivity contribution in [1.82, 2.24) is 0 Å². The summed E-state index contributed by atoms with van der Waals surface area (Å²) in [5.74, 6) is 0.468. The lowest BCUT2D eigenvalue weighted by atomic mass is 10.0. The highest BCUT2D eigenvalue weighted by Crippen LogP contribution is 2.32. The Kier molecular flexibility index (Phi) is 2.62. The van der Waals surface area contributed by atoms with Crippen LogP contribution in [0.25, 0.3) is 6.08 Å². The second-order valence-corrected chi connectivity index (χ2v) is 3.52. The molecular weight excluding hydrogens is 210 g/mol. The smallest absolute Gasteiger partial charge is 0.270 e. The lowest BCUT2D eigenvalue weighted by Crippen LogP contribution is -2.21. The molecule has 1 N–H and O–H groups in total. The van der Waals surface area contributed by atoms with Gasteiger partial charge in [0.1, 0.15) is 5.75 Å². The molecule has 1 aliphatic rings. The molecule has 0 aromatic heterocycles. The lowest BCUT2D eigenvalue weighted by Gasteiger charge is -2.22. The molecule has 1 aliphatic heterocycles. The standard InChI is InChI=1S/C11H11NO4/c1-2-7-5-8-6-9(12(14)15)3-4-10(8)16-11(7)13/h3-6,11,13H,2H2,1H3/t11-/m0/s1. The van der Waals surface area contributed by atoms with Crippen LogP contribution >= 0.6 is 0 Å². The number of ether oxygens (including phenoxy) is 1. The maximum atomic E-state index is 10.6. The number of benzene rings is 1. The zero-order chi connectivity index (χ0) is 11.7. The molecule has 0 radical (unpaired) electrons. The van der Waals surface area contributed by atoms with Crippen LogP contribution in [0.1, 0.15) is 18.9 Å². The molecule has 0 saturated heterocycles. The molecule has 2 rings (SSSR count). The van der Waals surface area contributed by atoms with E-state index in [4.69, 9.17) is 4.74 Å². The van der Waals surface area contributed by atoms with E-state index in [1.807, 2.05) is 6.92 Å². The summed E-state index contributed by atoms with van der Waals surface area (Å²) in [6.45, 7) is 1.89. The molecule has 0 bridgehead atoms. The summed E-state index contributed by atoms with van der Waals surface area (Å²) >= 11 is 0. The van der Waals surface area contributed by atoms with Gasteiger partial charge in [-0.15, -0.1) is 0 Å². The van der Waals surface area contributed by atoms with Crippen LogP contribution in [0.15, 0.2) is 23.8 Å². The molecule has 0 amide bonds. The molecule has 1 aromatic carbocycles. The number of hydrogen-bond acceptors (Lipinski definition) is 4. The quantitative estimate of drug-likeness (QED) is 0.613. The number of aliphatic hydroxyl groups is 1. The molecule has 5 nitrogen and oxygen atoms in total. The minimum Gasteiger partial charge on any atom is -0.461 e. The van der Waals surface area contributed by atoms with E-state index >= 15 is 0 Å². The topological polar surface area (TPSA) is 72.6 Å². The van der Waals surface area contributed by atoms with Crippen molar-refractivity contribution in [1.29, 1.82) is 0 Å². The van der Waals surface area contributed by atoms with Crippen LogP contribution in [0.4, 0.5) is 5.69 Å². The van der Waals surface area contributed by atoms with E-state index in [9.17, 15) is 15.2 Å². The molecule has 0 saturated carbocycles. The second kappa shape index (κ2) is 3.94. The monoisotopic (exact) mass is 221 g/mol. The SMILES string of the molecule is CCC1=Cc2cc([N+](=O)[O-])ccc2O[C@@H]1O. The number of fused-ring (bicyclic) bond motifs is 1. The molecule has 1 heterocycles. The zero-order valence-corrected chi connectivity index (χ0v) is 8.71. The molecule has 0 unspecified atom stereocenters. The fraction of sp³-hybridized carbons (Fsp3) is 0.273. The number of rotatable bonds is 2. The average molecular weight is 221 g/mol. The van der Waals surface area contributed by atoms with Crippen molar-refractivity contribution < 1.29 is 14.8 Å². The number of nitro benzene ring substituents is 1. The fourth-order valence-corrected chi connectivity index (χ4v) is 1.61. The van der Waals surface area contributed by atoms with Crippen molar-refractivity contribution in [2.45, 2.75) is 19.6 Å². The maximum absolute atomic E-state index is 10.6. The summed E-state index contributed by atoms with van der Waals surface area (Å²) in [6.07, 6.45) is 1.43.